The summed E-state index contributed by atoms with van der Waals surface area (Å²) < 4.78 is 45.0. The van der Waals surface area contributed by atoms with E-state index < -0.39 is 11.6 Å². The lowest BCUT2D eigenvalue weighted by molar-refractivity contribution is -0.222. The molecule has 0 atom stereocenters. The van der Waals surface area contributed by atoms with Gasteiger partial charge in [0.25, 0.3) is 0 Å². The summed E-state index contributed by atoms with van der Waals surface area (Å²) in [4.78, 5) is 0. The van der Waals surface area contributed by atoms with Crippen molar-refractivity contribution in [2.45, 2.75) is 51.4 Å². The van der Waals surface area contributed by atoms with Gasteiger partial charge in [-0.1, -0.05) is 12.2 Å². The Bertz CT molecular complexity index is 593. The van der Waals surface area contributed by atoms with E-state index >= 15 is 0 Å². The zero-order valence-electron chi connectivity index (χ0n) is 15.5. The summed E-state index contributed by atoms with van der Waals surface area (Å²) in [6, 6.07) is 2.94. The van der Waals surface area contributed by atoms with Gasteiger partial charge in [0, 0.05) is 24.5 Å². The minimum absolute atomic E-state index is 0.00428. The maximum absolute atomic E-state index is 14.2. The monoisotopic (exact) mass is 366 g/mol. The Kier molecular flexibility index (Phi) is 6.79. The Morgan fingerprint density at radius 1 is 1.08 bits per heavy atom. The highest BCUT2D eigenvalue weighted by molar-refractivity contribution is 5.28. The van der Waals surface area contributed by atoms with E-state index in [2.05, 4.69) is 6.08 Å². The van der Waals surface area contributed by atoms with E-state index in [4.69, 9.17) is 14.2 Å². The third-order valence-corrected chi connectivity index (χ3v) is 5.49. The fourth-order valence-electron chi connectivity index (χ4n) is 4.05. The third-order valence-electron chi connectivity index (χ3n) is 5.49. The second kappa shape index (κ2) is 9.07. The number of rotatable bonds is 5. The van der Waals surface area contributed by atoms with Gasteiger partial charge in [-0.15, -0.1) is 0 Å². The van der Waals surface area contributed by atoms with Gasteiger partial charge in [0.2, 0.25) is 0 Å². The van der Waals surface area contributed by atoms with Gasteiger partial charge in [-0.25, -0.2) is 8.78 Å². The van der Waals surface area contributed by atoms with Crippen molar-refractivity contribution in [2.75, 3.05) is 20.3 Å². The van der Waals surface area contributed by atoms with Gasteiger partial charge in [-0.3, -0.25) is 0 Å². The van der Waals surface area contributed by atoms with Crippen LogP contribution in [-0.4, -0.2) is 26.6 Å². The standard InChI is InChI=1S/C21H28F2O3/c1-3-4-14-11-25-21(26-12-14)16-7-5-15(6-8-16)17-9-19(22)18(13-24-2)20(23)10-17/h3-4,9-10,14-16,21H,5-8,11-13H2,1-2H3/b4-3+/t14-,15-,16-,21-. The second-order valence-corrected chi connectivity index (χ2v) is 7.33. The highest BCUT2D eigenvalue weighted by Crippen LogP contribution is 2.39. The molecule has 1 aliphatic heterocycles. The molecule has 2 aliphatic rings. The lowest BCUT2D eigenvalue weighted by Gasteiger charge is -2.37. The first-order valence-electron chi connectivity index (χ1n) is 9.45. The molecule has 0 unspecified atom stereocenters. The molecule has 3 nitrogen and oxygen atoms in total. The average Bonchev–Trinajstić information content (AvgIpc) is 2.66. The minimum atomic E-state index is -0.516. The quantitative estimate of drug-likeness (QED) is 0.690. The van der Waals surface area contributed by atoms with Crippen LogP contribution in [0, 0.1) is 23.5 Å². The van der Waals surface area contributed by atoms with E-state index in [1.807, 2.05) is 13.0 Å². The molecule has 0 amide bonds. The predicted octanol–water partition coefficient (Wildman–Crippen LogP) is 4.95. The van der Waals surface area contributed by atoms with Crippen molar-refractivity contribution in [1.82, 2.24) is 0 Å². The van der Waals surface area contributed by atoms with Crippen molar-refractivity contribution in [2.24, 2.45) is 11.8 Å². The van der Waals surface area contributed by atoms with Crippen molar-refractivity contribution < 1.29 is 23.0 Å². The maximum atomic E-state index is 14.2. The fraction of sp³-hybridized carbons (Fsp3) is 0.619. The molecule has 0 radical (unpaired) electrons. The van der Waals surface area contributed by atoms with E-state index in [-0.39, 0.29) is 24.4 Å². The number of ether oxygens (including phenoxy) is 3. The van der Waals surface area contributed by atoms with Gasteiger partial charge in [-0.05, 0) is 56.2 Å². The Labute approximate surface area is 154 Å². The highest BCUT2D eigenvalue weighted by atomic mass is 19.1. The molecule has 2 fully saturated rings. The van der Waals surface area contributed by atoms with Crippen molar-refractivity contribution in [1.29, 1.82) is 0 Å². The Balaban J connectivity index is 1.56. The third kappa shape index (κ3) is 4.51. The van der Waals surface area contributed by atoms with Crippen molar-refractivity contribution in [3.05, 3.63) is 47.0 Å². The molecule has 144 valence electrons. The summed E-state index contributed by atoms with van der Waals surface area (Å²) in [7, 11) is 1.43. The summed E-state index contributed by atoms with van der Waals surface area (Å²) in [5.41, 5.74) is 0.751. The van der Waals surface area contributed by atoms with E-state index in [1.165, 1.54) is 19.2 Å². The van der Waals surface area contributed by atoms with Crippen LogP contribution < -0.4 is 0 Å². The molecule has 3 rings (SSSR count). The molecule has 0 spiro atoms. The van der Waals surface area contributed by atoms with Crippen LogP contribution in [0.15, 0.2) is 24.3 Å². The smallest absolute Gasteiger partial charge is 0.160 e. The number of halogens is 2. The minimum Gasteiger partial charge on any atom is -0.380 e. The number of benzene rings is 1. The van der Waals surface area contributed by atoms with E-state index in [0.29, 0.717) is 25.0 Å². The molecule has 1 aromatic rings. The molecule has 1 aliphatic carbocycles. The van der Waals surface area contributed by atoms with Crippen LogP contribution in [0.4, 0.5) is 8.78 Å². The Morgan fingerprint density at radius 2 is 1.69 bits per heavy atom. The molecule has 5 heteroatoms. The Morgan fingerprint density at radius 3 is 2.23 bits per heavy atom. The van der Waals surface area contributed by atoms with Gasteiger partial charge in [0.15, 0.2) is 6.29 Å². The van der Waals surface area contributed by atoms with Crippen LogP contribution in [0.25, 0.3) is 0 Å². The predicted molar refractivity (Wildman–Crippen MR) is 95.8 cm³/mol. The summed E-state index contributed by atoms with van der Waals surface area (Å²) in [6.45, 7) is 3.36. The largest absolute Gasteiger partial charge is 0.380 e. The van der Waals surface area contributed by atoms with Crippen molar-refractivity contribution in [3.8, 4) is 0 Å². The molecule has 0 bridgehead atoms. The lowest BCUT2D eigenvalue weighted by atomic mass is 9.78. The molecular formula is C21H28F2O3. The van der Waals surface area contributed by atoms with Crippen LogP contribution in [0.2, 0.25) is 0 Å². The van der Waals surface area contributed by atoms with Crippen LogP contribution in [0.3, 0.4) is 0 Å². The van der Waals surface area contributed by atoms with Gasteiger partial charge < -0.3 is 14.2 Å². The Hall–Kier alpha value is -1.30. The number of hydrogen-bond donors (Lipinski definition) is 0. The van der Waals surface area contributed by atoms with E-state index in [1.54, 1.807) is 0 Å². The number of allylic oxidation sites excluding steroid dienone is 1. The normalized spacial score (nSPS) is 30.0. The second-order valence-electron chi connectivity index (χ2n) is 7.33. The summed E-state index contributed by atoms with van der Waals surface area (Å²) in [5.74, 6) is -0.147. The highest BCUT2D eigenvalue weighted by Gasteiger charge is 2.32. The molecule has 1 saturated carbocycles. The average molecular weight is 366 g/mol. The zero-order chi connectivity index (χ0) is 18.5. The first-order chi connectivity index (χ1) is 12.6. The first kappa shape index (κ1) is 19.5. The molecule has 0 N–H and O–H groups in total. The number of methoxy groups -OCH3 is 1. The molecular weight excluding hydrogens is 338 g/mol. The molecule has 1 saturated heterocycles. The van der Waals surface area contributed by atoms with Gasteiger partial charge in [-0.2, -0.15) is 0 Å². The van der Waals surface area contributed by atoms with Crippen molar-refractivity contribution >= 4 is 0 Å². The zero-order valence-corrected chi connectivity index (χ0v) is 15.5. The lowest BCUT2D eigenvalue weighted by Crippen LogP contribution is -2.37. The van der Waals surface area contributed by atoms with Crippen LogP contribution in [-0.2, 0) is 20.8 Å². The topological polar surface area (TPSA) is 27.7 Å². The van der Waals surface area contributed by atoms with Crippen LogP contribution in [0.5, 0.6) is 0 Å². The van der Waals surface area contributed by atoms with Gasteiger partial charge in [0.05, 0.1) is 19.8 Å². The number of hydrogen-bond acceptors (Lipinski definition) is 3. The summed E-state index contributed by atoms with van der Waals surface area (Å²) >= 11 is 0. The van der Waals surface area contributed by atoms with Crippen molar-refractivity contribution in [3.63, 3.8) is 0 Å². The molecule has 1 aromatic carbocycles. The maximum Gasteiger partial charge on any atom is 0.160 e. The SMILES string of the molecule is C/C=C/[C@H]1CO[C@H]([C@H]2CC[C@H](c3cc(F)c(COC)c(F)c3)CC2)OC1. The van der Waals surface area contributed by atoms with Crippen LogP contribution in [0.1, 0.15) is 49.7 Å². The van der Waals surface area contributed by atoms with Gasteiger partial charge >= 0.3 is 0 Å². The summed E-state index contributed by atoms with van der Waals surface area (Å²) in [5, 5.41) is 0. The first-order valence-corrected chi connectivity index (χ1v) is 9.45. The van der Waals surface area contributed by atoms with Gasteiger partial charge in [0.1, 0.15) is 11.6 Å². The molecule has 0 aromatic heterocycles. The molecule has 26 heavy (non-hydrogen) atoms. The van der Waals surface area contributed by atoms with E-state index in [9.17, 15) is 8.78 Å². The molecule has 1 heterocycles. The fourth-order valence-corrected chi connectivity index (χ4v) is 4.05. The summed E-state index contributed by atoms with van der Waals surface area (Å²) in [6.07, 6.45) is 7.70. The van der Waals surface area contributed by atoms with Crippen LogP contribution >= 0.6 is 0 Å². The van der Waals surface area contributed by atoms with E-state index in [0.717, 1.165) is 31.2 Å².